The van der Waals surface area contributed by atoms with Crippen LogP contribution in [0.1, 0.15) is 66.7 Å². The van der Waals surface area contributed by atoms with Crippen LogP contribution in [0.3, 0.4) is 0 Å². The van der Waals surface area contributed by atoms with Crippen LogP contribution in [-0.2, 0) is 4.79 Å². The summed E-state index contributed by atoms with van der Waals surface area (Å²) in [4.78, 5) is 32.5. The Morgan fingerprint density at radius 1 is 1.11 bits per heavy atom. The number of hydrogen-bond donors (Lipinski definition) is 2. The monoisotopic (exact) mass is 388 g/mol. The number of piperidine rings is 2. The smallest absolute Gasteiger partial charge is 0.270 e. The van der Waals surface area contributed by atoms with E-state index in [0.717, 1.165) is 56.7 Å². The largest absolute Gasteiger partial charge is 0.356 e. The maximum absolute atomic E-state index is 12.7. The SMILES string of the molecule is Cc1cc(C)c(C(=O)N2CCC(CC(=O)NCCCN3CCCCC3)CC2)[nH]1. The van der Waals surface area contributed by atoms with E-state index in [9.17, 15) is 9.59 Å². The molecule has 0 bridgehead atoms. The summed E-state index contributed by atoms with van der Waals surface area (Å²) in [5.74, 6) is 0.642. The number of aromatic nitrogens is 1. The lowest BCUT2D eigenvalue weighted by atomic mass is 9.93. The molecular formula is C22H36N4O2. The van der Waals surface area contributed by atoms with Gasteiger partial charge in [-0.2, -0.15) is 0 Å². The third-order valence-electron chi connectivity index (χ3n) is 6.16. The fourth-order valence-electron chi connectivity index (χ4n) is 4.50. The van der Waals surface area contributed by atoms with Gasteiger partial charge in [-0.05, 0) is 83.1 Å². The zero-order valence-corrected chi connectivity index (χ0v) is 17.6. The van der Waals surface area contributed by atoms with E-state index >= 15 is 0 Å². The van der Waals surface area contributed by atoms with Crippen molar-refractivity contribution >= 4 is 11.8 Å². The minimum Gasteiger partial charge on any atom is -0.356 e. The highest BCUT2D eigenvalue weighted by Crippen LogP contribution is 2.22. The molecule has 0 radical (unpaired) electrons. The molecule has 2 saturated heterocycles. The van der Waals surface area contributed by atoms with Crippen LogP contribution in [0.15, 0.2) is 6.07 Å². The first-order valence-corrected chi connectivity index (χ1v) is 11.0. The van der Waals surface area contributed by atoms with E-state index in [1.807, 2.05) is 24.8 Å². The number of carbonyl (C=O) groups is 2. The number of nitrogens with one attached hydrogen (secondary N) is 2. The van der Waals surface area contributed by atoms with E-state index in [4.69, 9.17) is 0 Å². The molecule has 6 nitrogen and oxygen atoms in total. The van der Waals surface area contributed by atoms with Crippen molar-refractivity contribution < 1.29 is 9.59 Å². The van der Waals surface area contributed by atoms with E-state index < -0.39 is 0 Å². The van der Waals surface area contributed by atoms with Crippen LogP contribution in [-0.4, -0.2) is 65.9 Å². The zero-order valence-electron chi connectivity index (χ0n) is 17.6. The van der Waals surface area contributed by atoms with Crippen LogP contribution >= 0.6 is 0 Å². The molecule has 0 spiro atoms. The number of rotatable bonds is 7. The fraction of sp³-hybridized carbons (Fsp3) is 0.727. The Kier molecular flexibility index (Phi) is 7.54. The van der Waals surface area contributed by atoms with Gasteiger partial charge in [0, 0.05) is 31.7 Å². The van der Waals surface area contributed by atoms with Crippen molar-refractivity contribution in [3.63, 3.8) is 0 Å². The first-order valence-electron chi connectivity index (χ1n) is 11.0. The Morgan fingerprint density at radius 3 is 2.46 bits per heavy atom. The fourth-order valence-corrected chi connectivity index (χ4v) is 4.50. The second-order valence-electron chi connectivity index (χ2n) is 8.56. The van der Waals surface area contributed by atoms with Gasteiger partial charge in [-0.15, -0.1) is 0 Å². The highest BCUT2D eigenvalue weighted by molar-refractivity contribution is 5.94. The minimum absolute atomic E-state index is 0.0891. The molecule has 6 heteroatoms. The number of nitrogens with zero attached hydrogens (tertiary/aromatic N) is 2. The average molecular weight is 389 g/mol. The summed E-state index contributed by atoms with van der Waals surface area (Å²) in [6, 6.07) is 2.01. The Morgan fingerprint density at radius 2 is 1.82 bits per heavy atom. The van der Waals surface area contributed by atoms with E-state index in [-0.39, 0.29) is 11.8 Å². The van der Waals surface area contributed by atoms with E-state index in [1.165, 1.54) is 32.4 Å². The minimum atomic E-state index is 0.0891. The van der Waals surface area contributed by atoms with Crippen LogP contribution in [0.25, 0.3) is 0 Å². The van der Waals surface area contributed by atoms with Crippen molar-refractivity contribution in [2.45, 2.75) is 58.8 Å². The number of H-pyrrole nitrogens is 1. The van der Waals surface area contributed by atoms with Gasteiger partial charge >= 0.3 is 0 Å². The highest BCUT2D eigenvalue weighted by Gasteiger charge is 2.26. The predicted molar refractivity (Wildman–Crippen MR) is 111 cm³/mol. The summed E-state index contributed by atoms with van der Waals surface area (Å²) in [5.41, 5.74) is 2.74. The van der Waals surface area contributed by atoms with Gasteiger partial charge in [0.05, 0.1) is 0 Å². The molecule has 3 rings (SSSR count). The van der Waals surface area contributed by atoms with Crippen LogP contribution < -0.4 is 5.32 Å². The number of likely N-dealkylation sites (tertiary alicyclic amines) is 2. The van der Waals surface area contributed by atoms with Gasteiger partial charge in [-0.25, -0.2) is 0 Å². The molecule has 0 unspecified atom stereocenters. The van der Waals surface area contributed by atoms with Gasteiger partial charge < -0.3 is 20.1 Å². The summed E-state index contributed by atoms with van der Waals surface area (Å²) in [7, 11) is 0. The maximum atomic E-state index is 12.7. The molecule has 3 heterocycles. The molecule has 2 aliphatic rings. The summed E-state index contributed by atoms with van der Waals surface area (Å²) >= 11 is 0. The number of hydrogen-bond acceptors (Lipinski definition) is 3. The topological polar surface area (TPSA) is 68.4 Å². The molecule has 0 aliphatic carbocycles. The lowest BCUT2D eigenvalue weighted by Gasteiger charge is -2.31. The van der Waals surface area contributed by atoms with E-state index in [2.05, 4.69) is 15.2 Å². The third-order valence-corrected chi connectivity index (χ3v) is 6.16. The number of amides is 2. The Balaban J connectivity index is 1.32. The normalized spacial score (nSPS) is 19.0. The molecule has 1 aromatic heterocycles. The van der Waals surface area contributed by atoms with Gasteiger partial charge in [0.25, 0.3) is 5.91 Å². The standard InChI is InChI=1S/C22H36N4O2/c1-17-15-18(2)24-21(17)22(28)26-13-7-19(8-14-26)16-20(27)23-9-6-12-25-10-4-3-5-11-25/h15,19,24H,3-14,16H2,1-2H3,(H,23,27). The molecular weight excluding hydrogens is 352 g/mol. The molecule has 1 aromatic rings. The van der Waals surface area contributed by atoms with E-state index in [1.54, 1.807) is 0 Å². The molecule has 0 atom stereocenters. The van der Waals surface area contributed by atoms with Gasteiger partial charge in [-0.1, -0.05) is 6.42 Å². The average Bonchev–Trinajstić information content (AvgIpc) is 3.04. The van der Waals surface area contributed by atoms with E-state index in [0.29, 0.717) is 18.0 Å². The molecule has 2 fully saturated rings. The van der Waals surface area contributed by atoms with Crippen LogP contribution in [0.4, 0.5) is 0 Å². The summed E-state index contributed by atoms with van der Waals surface area (Å²) in [5, 5.41) is 3.09. The van der Waals surface area contributed by atoms with Crippen molar-refractivity contribution in [3.8, 4) is 0 Å². The quantitative estimate of drug-likeness (QED) is 0.706. The van der Waals surface area contributed by atoms with Gasteiger partial charge in [0.15, 0.2) is 0 Å². The Hall–Kier alpha value is -1.82. The second-order valence-corrected chi connectivity index (χ2v) is 8.56. The molecule has 156 valence electrons. The lowest BCUT2D eigenvalue weighted by Crippen LogP contribution is -2.40. The van der Waals surface area contributed by atoms with Crippen molar-refractivity contribution in [1.29, 1.82) is 0 Å². The van der Waals surface area contributed by atoms with Crippen LogP contribution in [0.2, 0.25) is 0 Å². The second kappa shape index (κ2) is 10.1. The summed E-state index contributed by atoms with van der Waals surface area (Å²) < 4.78 is 0. The molecule has 0 saturated carbocycles. The molecule has 28 heavy (non-hydrogen) atoms. The van der Waals surface area contributed by atoms with Crippen molar-refractivity contribution in [2.24, 2.45) is 5.92 Å². The molecule has 2 aliphatic heterocycles. The Bertz CT molecular complexity index is 655. The first-order chi connectivity index (χ1) is 13.5. The third kappa shape index (κ3) is 5.84. The summed E-state index contributed by atoms with van der Waals surface area (Å²) in [6.45, 7) is 9.73. The van der Waals surface area contributed by atoms with Gasteiger partial charge in [-0.3, -0.25) is 9.59 Å². The maximum Gasteiger partial charge on any atom is 0.270 e. The van der Waals surface area contributed by atoms with Crippen LogP contribution in [0.5, 0.6) is 0 Å². The predicted octanol–water partition coefficient (Wildman–Crippen LogP) is 2.87. The summed E-state index contributed by atoms with van der Waals surface area (Å²) in [6.07, 6.45) is 7.44. The zero-order chi connectivity index (χ0) is 19.9. The first kappa shape index (κ1) is 20.9. The molecule has 2 amide bonds. The number of carbonyl (C=O) groups excluding carboxylic acids is 2. The van der Waals surface area contributed by atoms with Gasteiger partial charge in [0.1, 0.15) is 5.69 Å². The van der Waals surface area contributed by atoms with Crippen LogP contribution in [0, 0.1) is 19.8 Å². The molecule has 2 N–H and O–H groups in total. The Labute approximate surface area is 169 Å². The molecule has 0 aromatic carbocycles. The van der Waals surface area contributed by atoms with Crippen molar-refractivity contribution in [3.05, 3.63) is 23.0 Å². The van der Waals surface area contributed by atoms with Crippen molar-refractivity contribution in [2.75, 3.05) is 39.3 Å². The highest BCUT2D eigenvalue weighted by atomic mass is 16.2. The van der Waals surface area contributed by atoms with Crippen molar-refractivity contribution in [1.82, 2.24) is 20.1 Å². The number of aromatic amines is 1. The number of aryl methyl sites for hydroxylation is 2. The van der Waals surface area contributed by atoms with Gasteiger partial charge in [0.2, 0.25) is 5.91 Å². The lowest BCUT2D eigenvalue weighted by molar-refractivity contribution is -0.122.